The molecule has 1 aliphatic heterocycles. The molecule has 8 nitrogen and oxygen atoms in total. The second-order valence-corrected chi connectivity index (χ2v) is 10.1. The third kappa shape index (κ3) is 5.07. The van der Waals surface area contributed by atoms with E-state index in [9.17, 15) is 10.1 Å². The van der Waals surface area contributed by atoms with E-state index in [0.29, 0.717) is 17.3 Å². The van der Waals surface area contributed by atoms with E-state index in [-0.39, 0.29) is 5.91 Å². The van der Waals surface area contributed by atoms with Gasteiger partial charge in [0.15, 0.2) is 11.8 Å². The molecule has 1 amide bonds. The summed E-state index contributed by atoms with van der Waals surface area (Å²) in [5.41, 5.74) is 7.21. The number of nitrogens with zero attached hydrogens (tertiary/aromatic N) is 6. The number of carbonyl (C=O) groups is 1. The number of nitriles is 1. The molecule has 4 aromatic rings. The Morgan fingerprint density at radius 3 is 2.90 bits per heavy atom. The van der Waals surface area contributed by atoms with E-state index < -0.39 is 0 Å². The van der Waals surface area contributed by atoms with Crippen LogP contribution in [0.5, 0.6) is 0 Å². The van der Waals surface area contributed by atoms with Gasteiger partial charge in [0.1, 0.15) is 5.69 Å². The van der Waals surface area contributed by atoms with Gasteiger partial charge >= 0.3 is 0 Å². The molecular formula is C31H29N7O. The number of aromatic nitrogens is 3. The number of nitrogens with one attached hydrogen (secondary N) is 1. The number of hydrogen-bond acceptors (Lipinski definition) is 6. The first-order chi connectivity index (χ1) is 19.1. The Balaban J connectivity index is 1.16. The van der Waals surface area contributed by atoms with Crippen molar-refractivity contribution in [3.63, 3.8) is 0 Å². The van der Waals surface area contributed by atoms with Crippen molar-refractivity contribution >= 4 is 17.2 Å². The van der Waals surface area contributed by atoms with Crippen LogP contribution in [-0.2, 0) is 6.42 Å². The van der Waals surface area contributed by atoms with Crippen LogP contribution < -0.4 is 5.32 Å². The smallest absolute Gasteiger partial charge is 0.255 e. The van der Waals surface area contributed by atoms with Crippen LogP contribution in [0.25, 0.3) is 5.65 Å². The molecule has 0 spiro atoms. The minimum atomic E-state index is -0.159. The van der Waals surface area contributed by atoms with Crippen molar-refractivity contribution in [2.75, 3.05) is 31.5 Å². The lowest BCUT2D eigenvalue weighted by molar-refractivity contribution is 0.102. The molecule has 1 N–H and O–H groups in total. The normalized spacial score (nSPS) is 17.1. The standard InChI is InChI=1S/C31H29N7O/c1-22-5-6-25(18-23(22)7-10-27-20-33-30-4-2-13-34-38(27)30)31(39)35-26-9-11-28-24(19-26)8-12-29(28)37-15-3-14-36(21-32)16-17-37/h2,4-6,9,11,13,18-20,29H,3,8,12,14-17H2,1H3,(H,35,39). The highest BCUT2D eigenvalue weighted by Gasteiger charge is 2.29. The van der Waals surface area contributed by atoms with Crippen LogP contribution in [0.1, 0.15) is 57.2 Å². The van der Waals surface area contributed by atoms with Gasteiger partial charge < -0.3 is 10.2 Å². The lowest BCUT2D eigenvalue weighted by Crippen LogP contribution is -2.31. The summed E-state index contributed by atoms with van der Waals surface area (Å²) < 4.78 is 1.70. The molecule has 8 heteroatoms. The molecule has 1 aliphatic carbocycles. The molecule has 1 fully saturated rings. The summed E-state index contributed by atoms with van der Waals surface area (Å²) in [6, 6.07) is 16.0. The first-order valence-corrected chi connectivity index (χ1v) is 13.3. The highest BCUT2D eigenvalue weighted by atomic mass is 16.1. The van der Waals surface area contributed by atoms with Gasteiger partial charge in [-0.2, -0.15) is 10.4 Å². The molecule has 194 valence electrons. The Bertz CT molecular complexity index is 1650. The van der Waals surface area contributed by atoms with E-state index in [1.807, 2.05) is 48.2 Å². The number of anilines is 1. The zero-order valence-electron chi connectivity index (χ0n) is 21.9. The number of amides is 1. The molecule has 39 heavy (non-hydrogen) atoms. The summed E-state index contributed by atoms with van der Waals surface area (Å²) in [6.07, 6.45) is 8.76. The van der Waals surface area contributed by atoms with Crippen molar-refractivity contribution in [1.82, 2.24) is 24.4 Å². The zero-order valence-corrected chi connectivity index (χ0v) is 21.9. The van der Waals surface area contributed by atoms with Gasteiger partial charge in [-0.05, 0) is 85.2 Å². The highest BCUT2D eigenvalue weighted by Crippen LogP contribution is 2.37. The topological polar surface area (TPSA) is 89.6 Å². The summed E-state index contributed by atoms with van der Waals surface area (Å²) >= 11 is 0. The monoisotopic (exact) mass is 515 g/mol. The fourth-order valence-corrected chi connectivity index (χ4v) is 5.55. The van der Waals surface area contributed by atoms with Gasteiger partial charge in [-0.15, -0.1) is 0 Å². The average molecular weight is 516 g/mol. The number of benzene rings is 2. The van der Waals surface area contributed by atoms with Crippen molar-refractivity contribution in [2.24, 2.45) is 0 Å². The maximum atomic E-state index is 13.2. The number of imidazole rings is 1. The van der Waals surface area contributed by atoms with Crippen molar-refractivity contribution < 1.29 is 4.79 Å². The van der Waals surface area contributed by atoms with Gasteiger partial charge in [-0.25, -0.2) is 9.50 Å². The molecule has 3 heterocycles. The van der Waals surface area contributed by atoms with Crippen molar-refractivity contribution in [1.29, 1.82) is 5.26 Å². The predicted molar refractivity (Wildman–Crippen MR) is 149 cm³/mol. The molecule has 2 aromatic heterocycles. The quantitative estimate of drug-likeness (QED) is 0.326. The molecule has 2 aromatic carbocycles. The predicted octanol–water partition coefficient (Wildman–Crippen LogP) is 4.17. The molecule has 1 unspecified atom stereocenters. The van der Waals surface area contributed by atoms with Gasteiger partial charge in [-0.1, -0.05) is 18.1 Å². The molecule has 1 atom stereocenters. The van der Waals surface area contributed by atoms with Gasteiger partial charge in [-0.3, -0.25) is 9.69 Å². The van der Waals surface area contributed by atoms with Crippen LogP contribution in [0.15, 0.2) is 60.9 Å². The Morgan fingerprint density at radius 1 is 1.08 bits per heavy atom. The first kappa shape index (κ1) is 24.7. The van der Waals surface area contributed by atoms with E-state index in [2.05, 4.69) is 50.5 Å². The minimum absolute atomic E-state index is 0.159. The largest absolute Gasteiger partial charge is 0.322 e. The van der Waals surface area contributed by atoms with Gasteiger partial charge in [0.25, 0.3) is 5.91 Å². The summed E-state index contributed by atoms with van der Waals surface area (Å²) in [7, 11) is 0. The lowest BCUT2D eigenvalue weighted by atomic mass is 10.0. The fraction of sp³-hybridized carbons (Fsp3) is 0.290. The Hall–Kier alpha value is -4.66. The van der Waals surface area contributed by atoms with E-state index in [4.69, 9.17) is 0 Å². The Kier molecular flexibility index (Phi) is 6.71. The third-order valence-electron chi connectivity index (χ3n) is 7.66. The van der Waals surface area contributed by atoms with Gasteiger partial charge in [0.05, 0.1) is 6.20 Å². The molecule has 6 rings (SSSR count). The van der Waals surface area contributed by atoms with E-state index in [1.54, 1.807) is 16.9 Å². The minimum Gasteiger partial charge on any atom is -0.322 e. The van der Waals surface area contributed by atoms with Crippen molar-refractivity contribution in [3.05, 3.63) is 94.4 Å². The number of hydrogen-bond donors (Lipinski definition) is 1. The first-order valence-electron chi connectivity index (χ1n) is 13.3. The second kappa shape index (κ2) is 10.6. The molecule has 0 bridgehead atoms. The lowest BCUT2D eigenvalue weighted by Gasteiger charge is -2.28. The van der Waals surface area contributed by atoms with Crippen molar-refractivity contribution in [2.45, 2.75) is 32.2 Å². The van der Waals surface area contributed by atoms with Crippen LogP contribution in [0.2, 0.25) is 0 Å². The van der Waals surface area contributed by atoms with Crippen LogP contribution in [0, 0.1) is 30.2 Å². The van der Waals surface area contributed by atoms with Gasteiger partial charge in [0, 0.05) is 55.2 Å². The van der Waals surface area contributed by atoms with Crippen LogP contribution in [0.3, 0.4) is 0 Å². The van der Waals surface area contributed by atoms with Crippen LogP contribution >= 0.6 is 0 Å². The van der Waals surface area contributed by atoms with E-state index in [0.717, 1.165) is 67.9 Å². The maximum Gasteiger partial charge on any atom is 0.255 e. The molecule has 2 aliphatic rings. The van der Waals surface area contributed by atoms with Crippen molar-refractivity contribution in [3.8, 4) is 18.0 Å². The summed E-state index contributed by atoms with van der Waals surface area (Å²) in [5, 5.41) is 16.6. The fourth-order valence-electron chi connectivity index (χ4n) is 5.55. The SMILES string of the molecule is Cc1ccc(C(=O)Nc2ccc3c(c2)CCC3N2CCCN(C#N)CC2)cc1C#Cc1cnc2cccnn12. The number of rotatable bonds is 3. The molecule has 0 saturated carbocycles. The summed E-state index contributed by atoms with van der Waals surface area (Å²) in [4.78, 5) is 21.9. The zero-order chi connectivity index (χ0) is 26.8. The highest BCUT2D eigenvalue weighted by molar-refractivity contribution is 6.04. The number of carbonyl (C=O) groups excluding carboxylic acids is 1. The van der Waals surface area contributed by atoms with Crippen LogP contribution in [-0.4, -0.2) is 56.5 Å². The molecule has 0 radical (unpaired) electrons. The Labute approximate surface area is 227 Å². The van der Waals surface area contributed by atoms with Crippen LogP contribution in [0.4, 0.5) is 5.69 Å². The maximum absolute atomic E-state index is 13.2. The number of fused-ring (bicyclic) bond motifs is 2. The molecular weight excluding hydrogens is 486 g/mol. The Morgan fingerprint density at radius 2 is 2.00 bits per heavy atom. The van der Waals surface area contributed by atoms with E-state index >= 15 is 0 Å². The third-order valence-corrected chi connectivity index (χ3v) is 7.66. The summed E-state index contributed by atoms with van der Waals surface area (Å²) in [6.45, 7) is 5.52. The average Bonchev–Trinajstić information content (AvgIpc) is 3.49. The number of aryl methyl sites for hydroxylation is 2. The van der Waals surface area contributed by atoms with Gasteiger partial charge in [0.2, 0.25) is 0 Å². The van der Waals surface area contributed by atoms with E-state index in [1.165, 1.54) is 11.1 Å². The second-order valence-electron chi connectivity index (χ2n) is 10.1. The summed E-state index contributed by atoms with van der Waals surface area (Å²) in [5.74, 6) is 6.18. The molecule has 1 saturated heterocycles.